The molecule has 2 heterocycles. The Morgan fingerprint density at radius 1 is 1.18 bits per heavy atom. The van der Waals surface area contributed by atoms with Gasteiger partial charge in [-0.25, -0.2) is 0 Å². The number of benzene rings is 2. The van der Waals surface area contributed by atoms with Gasteiger partial charge in [0.15, 0.2) is 23.0 Å². The normalized spacial score (nSPS) is 16.3. The van der Waals surface area contributed by atoms with Gasteiger partial charge in [-0.2, -0.15) is 0 Å². The molecule has 0 saturated carbocycles. The number of aliphatic hydroxyl groups is 1. The van der Waals surface area contributed by atoms with Crippen LogP contribution >= 0.6 is 11.6 Å². The summed E-state index contributed by atoms with van der Waals surface area (Å²) < 4.78 is 10.8. The fraction of sp³-hybridized carbons (Fsp3) is 0.250. The zero-order valence-corrected chi connectivity index (χ0v) is 19.1. The zero-order chi connectivity index (χ0) is 23.9. The maximum absolute atomic E-state index is 13.5. The van der Waals surface area contributed by atoms with Crippen molar-refractivity contribution >= 4 is 34.3 Å². The van der Waals surface area contributed by atoms with E-state index in [1.165, 1.54) is 24.1 Å². The highest BCUT2D eigenvalue weighted by atomic mass is 35.5. The smallest absolute Gasteiger partial charge is 0.290 e. The molecule has 0 fully saturated rings. The Morgan fingerprint density at radius 3 is 2.61 bits per heavy atom. The van der Waals surface area contributed by atoms with Crippen molar-refractivity contribution in [1.82, 2.24) is 9.80 Å². The number of aromatic hydroxyl groups is 1. The summed E-state index contributed by atoms with van der Waals surface area (Å²) in [4.78, 5) is 29.8. The first kappa shape index (κ1) is 22.7. The molecule has 172 valence electrons. The molecule has 1 aliphatic rings. The summed E-state index contributed by atoms with van der Waals surface area (Å²) in [7, 11) is 5.13. The molecular weight excluding hydrogens is 448 g/mol. The highest BCUT2D eigenvalue weighted by molar-refractivity contribution is 6.31. The molecular formula is C24H23ClN2O6. The van der Waals surface area contributed by atoms with Crippen LogP contribution in [0.3, 0.4) is 0 Å². The lowest BCUT2D eigenvalue weighted by atomic mass is 9.94. The Labute approximate surface area is 195 Å². The van der Waals surface area contributed by atoms with Crippen LogP contribution in [-0.4, -0.2) is 66.0 Å². The van der Waals surface area contributed by atoms with Crippen molar-refractivity contribution < 1.29 is 29.0 Å². The molecule has 9 heteroatoms. The summed E-state index contributed by atoms with van der Waals surface area (Å²) in [6.07, 6.45) is 0. The average molecular weight is 471 g/mol. The number of phenolic OH excluding ortho intramolecular Hbond substituents is 1. The first-order valence-corrected chi connectivity index (χ1v) is 10.6. The highest BCUT2D eigenvalue weighted by Crippen LogP contribution is 2.41. The van der Waals surface area contributed by atoms with Crippen LogP contribution in [0.5, 0.6) is 11.5 Å². The van der Waals surface area contributed by atoms with E-state index in [9.17, 15) is 19.8 Å². The lowest BCUT2D eigenvalue weighted by Crippen LogP contribution is -2.36. The van der Waals surface area contributed by atoms with Crippen molar-refractivity contribution in [3.63, 3.8) is 0 Å². The lowest BCUT2D eigenvalue weighted by molar-refractivity contribution is -0.129. The first-order valence-electron chi connectivity index (χ1n) is 10.2. The predicted octanol–water partition coefficient (Wildman–Crippen LogP) is 3.94. The molecule has 0 spiro atoms. The number of rotatable bonds is 7. The van der Waals surface area contributed by atoms with Crippen LogP contribution in [0.25, 0.3) is 11.0 Å². The first-order chi connectivity index (χ1) is 15.7. The van der Waals surface area contributed by atoms with Gasteiger partial charge in [0.05, 0.1) is 18.7 Å². The molecule has 1 atom stereocenters. The molecule has 33 heavy (non-hydrogen) atoms. The third-order valence-corrected chi connectivity index (χ3v) is 5.79. The van der Waals surface area contributed by atoms with Gasteiger partial charge in [-0.3, -0.25) is 9.59 Å². The van der Waals surface area contributed by atoms with E-state index in [2.05, 4.69) is 0 Å². The molecule has 1 unspecified atom stereocenters. The maximum Gasteiger partial charge on any atom is 0.290 e. The fourth-order valence-corrected chi connectivity index (χ4v) is 4.09. The minimum Gasteiger partial charge on any atom is -0.504 e. The van der Waals surface area contributed by atoms with Crippen LogP contribution in [0.1, 0.15) is 22.2 Å². The monoisotopic (exact) mass is 470 g/mol. The molecule has 3 aromatic rings. The van der Waals surface area contributed by atoms with Crippen LogP contribution in [-0.2, 0) is 4.79 Å². The molecule has 0 saturated heterocycles. The number of carbonyl (C=O) groups is 2. The van der Waals surface area contributed by atoms with Gasteiger partial charge < -0.3 is 29.2 Å². The Morgan fingerprint density at radius 2 is 1.94 bits per heavy atom. The lowest BCUT2D eigenvalue weighted by Gasteiger charge is -2.28. The third-order valence-electron chi connectivity index (χ3n) is 5.56. The largest absolute Gasteiger partial charge is 0.504 e. The van der Waals surface area contributed by atoms with Crippen molar-refractivity contribution in [2.45, 2.75) is 6.04 Å². The maximum atomic E-state index is 13.5. The van der Waals surface area contributed by atoms with Crippen molar-refractivity contribution in [1.29, 1.82) is 0 Å². The Balaban J connectivity index is 1.80. The second kappa shape index (κ2) is 8.80. The molecule has 8 nitrogen and oxygen atoms in total. The zero-order valence-electron chi connectivity index (χ0n) is 18.3. The molecule has 2 aromatic carbocycles. The Hall–Kier alpha value is -3.49. The molecule has 4 rings (SSSR count). The quantitative estimate of drug-likeness (QED) is 0.504. The second-order valence-electron chi connectivity index (χ2n) is 8.02. The van der Waals surface area contributed by atoms with Crippen molar-refractivity contribution in [2.24, 2.45) is 0 Å². The van der Waals surface area contributed by atoms with Crippen molar-refractivity contribution in [2.75, 3.05) is 34.3 Å². The molecule has 0 bridgehead atoms. The van der Waals surface area contributed by atoms with Crippen LogP contribution in [0.15, 0.2) is 58.2 Å². The van der Waals surface area contributed by atoms with Gasteiger partial charge in [0.1, 0.15) is 5.58 Å². The van der Waals surface area contributed by atoms with Crippen molar-refractivity contribution in [3.8, 4) is 11.5 Å². The van der Waals surface area contributed by atoms with E-state index in [0.29, 0.717) is 28.1 Å². The number of likely N-dealkylation sites (N-methyl/N-ethyl adjacent to an activating group) is 1. The number of aliphatic hydroxyl groups excluding tert-OH is 1. The fourth-order valence-electron chi connectivity index (χ4n) is 3.91. The standard InChI is InChI=1S/C24H23ClN2O6/c1-26(2)8-9-27-21(13-4-6-18(32-3)16(28)11-13)20(23(30)24(27)31)22(29)19-12-14-10-15(25)5-7-17(14)33-19/h4-7,10-12,21,28,30H,8-9H2,1-3H3. The summed E-state index contributed by atoms with van der Waals surface area (Å²) in [6, 6.07) is 10.2. The number of hydrogen-bond donors (Lipinski definition) is 2. The topological polar surface area (TPSA) is 103 Å². The van der Waals surface area contributed by atoms with E-state index >= 15 is 0 Å². The summed E-state index contributed by atoms with van der Waals surface area (Å²) in [6.45, 7) is 0.752. The number of methoxy groups -OCH3 is 1. The molecule has 1 amide bonds. The Kier molecular flexibility index (Phi) is 6.05. The van der Waals surface area contributed by atoms with Gasteiger partial charge >= 0.3 is 0 Å². The number of nitrogens with zero attached hydrogens (tertiary/aromatic N) is 2. The van der Waals surface area contributed by atoms with Gasteiger partial charge in [-0.15, -0.1) is 0 Å². The minimum absolute atomic E-state index is 0.0289. The highest BCUT2D eigenvalue weighted by Gasteiger charge is 2.44. The third kappa shape index (κ3) is 4.15. The van der Waals surface area contributed by atoms with E-state index < -0.39 is 23.5 Å². The molecule has 0 radical (unpaired) electrons. The van der Waals surface area contributed by atoms with Gasteiger partial charge in [-0.1, -0.05) is 17.7 Å². The number of furan rings is 1. The van der Waals surface area contributed by atoms with E-state index in [4.69, 9.17) is 20.8 Å². The van der Waals surface area contributed by atoms with Gasteiger partial charge in [0, 0.05) is 23.5 Å². The van der Waals surface area contributed by atoms with E-state index in [-0.39, 0.29) is 29.4 Å². The number of carbonyl (C=O) groups excluding carboxylic acids is 2. The number of fused-ring (bicyclic) bond motifs is 1. The second-order valence-corrected chi connectivity index (χ2v) is 8.46. The molecule has 0 aliphatic carbocycles. The number of hydrogen-bond acceptors (Lipinski definition) is 7. The van der Waals surface area contributed by atoms with Crippen LogP contribution in [0.4, 0.5) is 0 Å². The van der Waals surface area contributed by atoms with Crippen LogP contribution in [0.2, 0.25) is 5.02 Å². The number of amides is 1. The Bertz CT molecular complexity index is 1280. The van der Waals surface area contributed by atoms with Gasteiger partial charge in [0.25, 0.3) is 5.91 Å². The summed E-state index contributed by atoms with van der Waals surface area (Å²) in [5, 5.41) is 22.2. The van der Waals surface area contributed by atoms with Gasteiger partial charge in [-0.05, 0) is 56.1 Å². The van der Waals surface area contributed by atoms with Gasteiger partial charge in [0.2, 0.25) is 5.78 Å². The molecule has 1 aromatic heterocycles. The van der Waals surface area contributed by atoms with Crippen molar-refractivity contribution in [3.05, 3.63) is 70.1 Å². The van der Waals surface area contributed by atoms with E-state index in [1.807, 2.05) is 19.0 Å². The number of phenols is 1. The number of halogens is 1. The molecule has 2 N–H and O–H groups in total. The number of ketones is 1. The van der Waals surface area contributed by atoms with E-state index in [0.717, 1.165) is 0 Å². The predicted molar refractivity (Wildman–Crippen MR) is 123 cm³/mol. The SMILES string of the molecule is COc1ccc(C2C(C(=O)c3cc4cc(Cl)ccc4o3)=C(O)C(=O)N2CCN(C)C)cc1O. The van der Waals surface area contributed by atoms with E-state index in [1.54, 1.807) is 30.3 Å². The average Bonchev–Trinajstić information content (AvgIpc) is 3.30. The summed E-state index contributed by atoms with van der Waals surface area (Å²) >= 11 is 6.03. The van der Waals surface area contributed by atoms with Crippen LogP contribution in [0, 0.1) is 0 Å². The summed E-state index contributed by atoms with van der Waals surface area (Å²) in [5.41, 5.74) is 0.788. The minimum atomic E-state index is -0.918. The number of ether oxygens (including phenoxy) is 1. The van der Waals surface area contributed by atoms with Crippen LogP contribution < -0.4 is 4.74 Å². The summed E-state index contributed by atoms with van der Waals surface area (Å²) in [5.74, 6) is -1.86. The molecule has 1 aliphatic heterocycles. The number of Topliss-reactive ketones (excluding diaryl/α,β-unsaturated/α-hetero) is 1.